The lowest BCUT2D eigenvalue weighted by molar-refractivity contribution is 0.0594. The van der Waals surface area contributed by atoms with Crippen LogP contribution in [0.5, 0.6) is 0 Å². The minimum atomic E-state index is -0.460. The molecule has 0 atom stereocenters. The van der Waals surface area contributed by atoms with Crippen molar-refractivity contribution in [1.29, 1.82) is 0 Å². The number of carbonyl (C=O) groups excluding carboxylic acids is 1. The summed E-state index contributed by atoms with van der Waals surface area (Å²) in [6, 6.07) is 11.5. The summed E-state index contributed by atoms with van der Waals surface area (Å²) in [6.45, 7) is 5.38. The second-order valence-corrected chi connectivity index (χ2v) is 6.04. The van der Waals surface area contributed by atoms with E-state index in [1.165, 1.54) is 7.11 Å². The average molecular weight is 349 g/mol. The number of carbonyl (C=O) groups is 1. The van der Waals surface area contributed by atoms with Gasteiger partial charge in [-0.3, -0.25) is 0 Å². The molecule has 1 aromatic carbocycles. The Bertz CT molecular complexity index is 1130. The molecular weight excluding hydrogens is 330 g/mol. The number of para-hydroxylation sites is 2. The van der Waals surface area contributed by atoms with Crippen molar-refractivity contribution in [3.63, 3.8) is 0 Å². The molecule has 0 saturated carbocycles. The molecule has 0 radical (unpaired) electrons. The molecule has 7 heteroatoms. The highest BCUT2D eigenvalue weighted by atomic mass is 16.5. The minimum absolute atomic E-state index is 0.269. The molecule has 0 bridgehead atoms. The number of benzene rings is 1. The SMILES string of the molecule is CCn1c(Cn2c(C)nc3ccc(C(=O)OC)nc32)nc2ccccc21. The molecule has 0 saturated heterocycles. The van der Waals surface area contributed by atoms with Gasteiger partial charge in [0.25, 0.3) is 0 Å². The lowest BCUT2D eigenvalue weighted by Crippen LogP contribution is -2.11. The monoisotopic (exact) mass is 349 g/mol. The Hall–Kier alpha value is -3.22. The molecule has 7 nitrogen and oxygen atoms in total. The van der Waals surface area contributed by atoms with E-state index in [1.807, 2.05) is 29.7 Å². The van der Waals surface area contributed by atoms with Crippen molar-refractivity contribution >= 4 is 28.2 Å². The van der Waals surface area contributed by atoms with E-state index >= 15 is 0 Å². The fourth-order valence-corrected chi connectivity index (χ4v) is 3.26. The normalized spacial score (nSPS) is 11.3. The van der Waals surface area contributed by atoms with Crippen molar-refractivity contribution < 1.29 is 9.53 Å². The minimum Gasteiger partial charge on any atom is -0.464 e. The summed E-state index contributed by atoms with van der Waals surface area (Å²) >= 11 is 0. The topological polar surface area (TPSA) is 74.8 Å². The van der Waals surface area contributed by atoms with E-state index in [1.54, 1.807) is 12.1 Å². The maximum atomic E-state index is 11.8. The summed E-state index contributed by atoms with van der Waals surface area (Å²) in [7, 11) is 1.35. The number of nitrogens with zero attached hydrogens (tertiary/aromatic N) is 5. The van der Waals surface area contributed by atoms with Gasteiger partial charge in [-0.15, -0.1) is 0 Å². The molecule has 3 aromatic heterocycles. The number of rotatable bonds is 4. The Balaban J connectivity index is 1.84. The van der Waals surface area contributed by atoms with Crippen LogP contribution in [0.1, 0.15) is 29.1 Å². The summed E-state index contributed by atoms with van der Waals surface area (Å²) < 4.78 is 8.95. The molecule has 0 amide bonds. The lowest BCUT2D eigenvalue weighted by atomic mass is 10.3. The van der Waals surface area contributed by atoms with Gasteiger partial charge in [-0.1, -0.05) is 12.1 Å². The number of methoxy groups -OCH3 is 1. The number of hydrogen-bond donors (Lipinski definition) is 0. The molecule has 0 spiro atoms. The van der Waals surface area contributed by atoms with Gasteiger partial charge in [0.1, 0.15) is 17.2 Å². The second kappa shape index (κ2) is 6.25. The fourth-order valence-electron chi connectivity index (χ4n) is 3.26. The van der Waals surface area contributed by atoms with Crippen LogP contribution in [0.25, 0.3) is 22.2 Å². The fraction of sp³-hybridized carbons (Fsp3) is 0.263. The third-order valence-corrected chi connectivity index (χ3v) is 4.53. The van der Waals surface area contributed by atoms with Crippen molar-refractivity contribution in [2.75, 3.05) is 7.11 Å². The predicted octanol–water partition coefficient (Wildman–Crippen LogP) is 2.94. The Morgan fingerprint density at radius 2 is 1.85 bits per heavy atom. The number of esters is 1. The zero-order valence-corrected chi connectivity index (χ0v) is 14.9. The van der Waals surface area contributed by atoms with Gasteiger partial charge in [-0.25, -0.2) is 19.7 Å². The van der Waals surface area contributed by atoms with E-state index in [0.29, 0.717) is 12.2 Å². The molecule has 0 unspecified atom stereocenters. The van der Waals surface area contributed by atoms with E-state index < -0.39 is 5.97 Å². The van der Waals surface area contributed by atoms with Gasteiger partial charge >= 0.3 is 5.97 Å². The maximum Gasteiger partial charge on any atom is 0.356 e. The Morgan fingerprint density at radius 1 is 1.04 bits per heavy atom. The number of ether oxygens (including phenoxy) is 1. The summed E-state index contributed by atoms with van der Waals surface area (Å²) in [5.41, 5.74) is 3.74. The molecule has 0 aliphatic heterocycles. The van der Waals surface area contributed by atoms with Crippen molar-refractivity contribution in [2.24, 2.45) is 0 Å². The summed E-state index contributed by atoms with van der Waals surface area (Å²) in [5, 5.41) is 0. The summed E-state index contributed by atoms with van der Waals surface area (Å²) in [5.74, 6) is 1.30. The van der Waals surface area contributed by atoms with Crippen LogP contribution in [0.3, 0.4) is 0 Å². The number of pyridine rings is 1. The third kappa shape index (κ3) is 2.52. The van der Waals surface area contributed by atoms with Crippen LogP contribution in [0.2, 0.25) is 0 Å². The molecule has 0 aliphatic carbocycles. The highest BCUT2D eigenvalue weighted by Gasteiger charge is 2.16. The molecule has 4 aromatic rings. The molecule has 0 N–H and O–H groups in total. The highest BCUT2D eigenvalue weighted by molar-refractivity contribution is 5.89. The van der Waals surface area contributed by atoms with Crippen LogP contribution in [0, 0.1) is 6.92 Å². The summed E-state index contributed by atoms with van der Waals surface area (Å²) in [4.78, 5) is 25.6. The van der Waals surface area contributed by atoms with Crippen LogP contribution in [0.4, 0.5) is 0 Å². The van der Waals surface area contributed by atoms with Crippen molar-refractivity contribution in [2.45, 2.75) is 26.9 Å². The van der Waals surface area contributed by atoms with Crippen molar-refractivity contribution in [1.82, 2.24) is 24.1 Å². The number of fused-ring (bicyclic) bond motifs is 2. The first-order valence-electron chi connectivity index (χ1n) is 8.48. The molecular formula is C19H19N5O2. The molecule has 3 heterocycles. The van der Waals surface area contributed by atoms with E-state index in [2.05, 4.69) is 27.5 Å². The van der Waals surface area contributed by atoms with Gasteiger partial charge < -0.3 is 13.9 Å². The predicted molar refractivity (Wildman–Crippen MR) is 98.1 cm³/mol. The lowest BCUT2D eigenvalue weighted by Gasteiger charge is -2.09. The molecule has 26 heavy (non-hydrogen) atoms. The van der Waals surface area contributed by atoms with Gasteiger partial charge in [-0.05, 0) is 38.1 Å². The van der Waals surface area contributed by atoms with Crippen LogP contribution < -0.4 is 0 Å². The zero-order chi connectivity index (χ0) is 18.3. The zero-order valence-electron chi connectivity index (χ0n) is 14.9. The smallest absolute Gasteiger partial charge is 0.356 e. The van der Waals surface area contributed by atoms with Crippen molar-refractivity contribution in [3.05, 3.63) is 53.7 Å². The van der Waals surface area contributed by atoms with Gasteiger partial charge in [0.2, 0.25) is 0 Å². The Kier molecular flexibility index (Phi) is 3.91. The van der Waals surface area contributed by atoms with E-state index in [4.69, 9.17) is 9.72 Å². The third-order valence-electron chi connectivity index (χ3n) is 4.53. The van der Waals surface area contributed by atoms with Crippen LogP contribution in [-0.2, 0) is 17.8 Å². The molecule has 0 aliphatic rings. The van der Waals surface area contributed by atoms with Gasteiger partial charge in [0, 0.05) is 6.54 Å². The van der Waals surface area contributed by atoms with Crippen molar-refractivity contribution in [3.8, 4) is 0 Å². The molecule has 0 fully saturated rings. The first-order valence-corrected chi connectivity index (χ1v) is 8.48. The Morgan fingerprint density at radius 3 is 2.62 bits per heavy atom. The number of aromatic nitrogens is 5. The number of hydrogen-bond acceptors (Lipinski definition) is 5. The van der Waals surface area contributed by atoms with E-state index in [0.717, 1.165) is 34.7 Å². The van der Waals surface area contributed by atoms with E-state index in [-0.39, 0.29) is 5.69 Å². The number of imidazole rings is 2. The summed E-state index contributed by atoms with van der Waals surface area (Å²) in [6.07, 6.45) is 0. The van der Waals surface area contributed by atoms with Gasteiger partial charge in [-0.2, -0.15) is 0 Å². The largest absolute Gasteiger partial charge is 0.464 e. The van der Waals surface area contributed by atoms with Crippen LogP contribution in [0.15, 0.2) is 36.4 Å². The molecule has 4 rings (SSSR count). The highest BCUT2D eigenvalue weighted by Crippen LogP contribution is 2.20. The van der Waals surface area contributed by atoms with Crippen LogP contribution in [-0.4, -0.2) is 37.2 Å². The quantitative estimate of drug-likeness (QED) is 0.530. The van der Waals surface area contributed by atoms with E-state index in [9.17, 15) is 4.79 Å². The van der Waals surface area contributed by atoms with Crippen LogP contribution >= 0.6 is 0 Å². The maximum absolute atomic E-state index is 11.8. The second-order valence-electron chi connectivity index (χ2n) is 6.04. The first kappa shape index (κ1) is 16.3. The number of aryl methyl sites for hydroxylation is 2. The first-order chi connectivity index (χ1) is 12.6. The molecule has 132 valence electrons. The standard InChI is InChI=1S/C19H19N5O2/c1-4-23-16-8-6-5-7-13(16)21-17(23)11-24-12(2)20-14-9-10-15(19(25)26-3)22-18(14)24/h5-10H,4,11H2,1-3H3. The Labute approximate surface area is 150 Å². The van der Waals surface area contributed by atoms with Gasteiger partial charge in [0.15, 0.2) is 11.3 Å². The van der Waals surface area contributed by atoms with Gasteiger partial charge in [0.05, 0.1) is 24.7 Å². The average Bonchev–Trinajstić information content (AvgIpc) is 3.17.